The number of nitrogens with zero attached hydrogens (tertiary/aromatic N) is 1. The fourth-order valence-electron chi connectivity index (χ4n) is 7.16. The van der Waals surface area contributed by atoms with Gasteiger partial charge < -0.3 is 19.7 Å². The Morgan fingerprint density at radius 3 is 2.41 bits per heavy atom. The molecule has 1 aromatic carbocycles. The van der Waals surface area contributed by atoms with E-state index in [-0.39, 0.29) is 30.1 Å². The van der Waals surface area contributed by atoms with Crippen LogP contribution >= 0.6 is 0 Å². The van der Waals surface area contributed by atoms with Gasteiger partial charge in [0.15, 0.2) is 11.5 Å². The summed E-state index contributed by atoms with van der Waals surface area (Å²) >= 11 is 0. The lowest BCUT2D eigenvalue weighted by Gasteiger charge is -2.56. The lowest BCUT2D eigenvalue weighted by atomic mass is 9.49. The van der Waals surface area contributed by atoms with Gasteiger partial charge in [0, 0.05) is 18.3 Å². The molecular formula is C23H28N2O4. The molecule has 1 atom stereocenters. The third-order valence-electron chi connectivity index (χ3n) is 7.95. The molecule has 0 radical (unpaired) electrons. The van der Waals surface area contributed by atoms with Crippen LogP contribution in [0.1, 0.15) is 51.4 Å². The fraction of sp³-hybridized carbons (Fsp3) is 0.652. The van der Waals surface area contributed by atoms with E-state index in [0.29, 0.717) is 23.7 Å². The number of amides is 2. The third kappa shape index (κ3) is 2.82. The third-order valence-corrected chi connectivity index (χ3v) is 7.95. The van der Waals surface area contributed by atoms with Crippen LogP contribution in [0.15, 0.2) is 18.2 Å². The van der Waals surface area contributed by atoms with Crippen molar-refractivity contribution in [2.75, 3.05) is 18.7 Å². The zero-order valence-corrected chi connectivity index (χ0v) is 16.7. The number of benzene rings is 1. The molecule has 29 heavy (non-hydrogen) atoms. The van der Waals surface area contributed by atoms with Gasteiger partial charge >= 0.3 is 0 Å². The second kappa shape index (κ2) is 6.38. The predicted octanol–water partition coefficient (Wildman–Crippen LogP) is 3.56. The first kappa shape index (κ1) is 17.6. The van der Waals surface area contributed by atoms with Crippen LogP contribution in [0.4, 0.5) is 5.69 Å². The molecule has 4 saturated carbocycles. The van der Waals surface area contributed by atoms with E-state index in [2.05, 4.69) is 5.32 Å². The predicted molar refractivity (Wildman–Crippen MR) is 107 cm³/mol. The summed E-state index contributed by atoms with van der Waals surface area (Å²) in [6.45, 7) is 0.919. The van der Waals surface area contributed by atoms with E-state index in [1.165, 1.54) is 19.3 Å². The molecule has 6 aliphatic rings. The maximum absolute atomic E-state index is 13.7. The average molecular weight is 396 g/mol. The van der Waals surface area contributed by atoms with E-state index in [1.807, 2.05) is 17.0 Å². The highest BCUT2D eigenvalue weighted by Crippen LogP contribution is 2.60. The number of likely N-dealkylation sites (tertiary alicyclic amines) is 1. The van der Waals surface area contributed by atoms with E-state index in [9.17, 15) is 9.59 Å². The molecule has 0 aromatic heterocycles. The summed E-state index contributed by atoms with van der Waals surface area (Å²) in [7, 11) is 0. The summed E-state index contributed by atoms with van der Waals surface area (Å²) in [5.41, 5.74) is 0.504. The van der Waals surface area contributed by atoms with E-state index >= 15 is 0 Å². The Balaban J connectivity index is 1.19. The van der Waals surface area contributed by atoms with Gasteiger partial charge in [-0.25, -0.2) is 0 Å². The second-order valence-corrected chi connectivity index (χ2v) is 9.91. The highest BCUT2D eigenvalue weighted by atomic mass is 16.7. The standard InChI is InChI=1S/C23H28N2O4/c26-21(24-17-3-4-19-20(9-17)29-13-28-19)18-2-1-5-25(18)22(27)23-10-14-6-15(11-23)8-16(7-14)12-23/h3-4,9,14-16,18H,1-2,5-8,10-13H2,(H,24,26)/t14?,15?,16?,18-,23?/m0/s1. The fourth-order valence-corrected chi connectivity index (χ4v) is 7.16. The Morgan fingerprint density at radius 1 is 1.00 bits per heavy atom. The lowest BCUT2D eigenvalue weighted by Crippen LogP contribution is -2.56. The number of carbonyl (C=O) groups excluding carboxylic acids is 2. The van der Waals surface area contributed by atoms with Gasteiger partial charge in [-0.05, 0) is 81.3 Å². The molecule has 4 aliphatic carbocycles. The average Bonchev–Trinajstić information content (AvgIpc) is 3.35. The molecule has 5 fully saturated rings. The number of nitrogens with one attached hydrogen (secondary N) is 1. The minimum Gasteiger partial charge on any atom is -0.454 e. The first-order valence-corrected chi connectivity index (χ1v) is 11.1. The molecule has 1 N–H and O–H groups in total. The number of anilines is 1. The van der Waals surface area contributed by atoms with Crippen molar-refractivity contribution in [2.24, 2.45) is 23.2 Å². The largest absolute Gasteiger partial charge is 0.454 e. The van der Waals surface area contributed by atoms with Gasteiger partial charge in [-0.15, -0.1) is 0 Å². The number of ether oxygens (including phenoxy) is 2. The molecule has 0 spiro atoms. The van der Waals surface area contributed by atoms with Gasteiger partial charge in [0.1, 0.15) is 6.04 Å². The Hall–Kier alpha value is -2.24. The van der Waals surface area contributed by atoms with Crippen LogP contribution < -0.4 is 14.8 Å². The van der Waals surface area contributed by atoms with Crippen molar-refractivity contribution in [1.29, 1.82) is 0 Å². The van der Waals surface area contributed by atoms with Crippen LogP contribution in [0, 0.1) is 23.2 Å². The van der Waals surface area contributed by atoms with E-state index < -0.39 is 0 Å². The molecule has 6 heteroatoms. The van der Waals surface area contributed by atoms with Gasteiger partial charge in [-0.1, -0.05) is 0 Å². The molecule has 6 nitrogen and oxygen atoms in total. The maximum Gasteiger partial charge on any atom is 0.247 e. The van der Waals surface area contributed by atoms with Gasteiger partial charge in [0.2, 0.25) is 18.6 Å². The molecule has 1 saturated heterocycles. The Bertz CT molecular complexity index is 831. The molecule has 0 unspecified atom stereocenters. The minimum absolute atomic E-state index is 0.0838. The highest BCUT2D eigenvalue weighted by Gasteiger charge is 2.56. The summed E-state index contributed by atoms with van der Waals surface area (Å²) in [5.74, 6) is 3.72. The van der Waals surface area contributed by atoms with Crippen LogP contribution in [0.25, 0.3) is 0 Å². The van der Waals surface area contributed by atoms with Crippen LogP contribution in [0.3, 0.4) is 0 Å². The first-order chi connectivity index (χ1) is 14.1. The van der Waals surface area contributed by atoms with Crippen LogP contribution in [0.5, 0.6) is 11.5 Å². The maximum atomic E-state index is 13.7. The quantitative estimate of drug-likeness (QED) is 0.848. The van der Waals surface area contributed by atoms with Crippen molar-refractivity contribution >= 4 is 17.5 Å². The number of hydrogen-bond acceptors (Lipinski definition) is 4. The molecular weight excluding hydrogens is 368 g/mol. The number of fused-ring (bicyclic) bond motifs is 1. The zero-order chi connectivity index (χ0) is 19.6. The topological polar surface area (TPSA) is 67.9 Å². The van der Waals surface area contributed by atoms with Crippen molar-refractivity contribution in [2.45, 2.75) is 57.4 Å². The molecule has 2 aliphatic heterocycles. The summed E-state index contributed by atoms with van der Waals surface area (Å²) in [6.07, 6.45) is 8.74. The van der Waals surface area contributed by atoms with Gasteiger partial charge in [0.05, 0.1) is 5.41 Å². The second-order valence-electron chi connectivity index (χ2n) is 9.91. The number of carbonyl (C=O) groups is 2. The zero-order valence-electron chi connectivity index (χ0n) is 16.7. The minimum atomic E-state index is -0.360. The summed E-state index contributed by atoms with van der Waals surface area (Å²) < 4.78 is 10.7. The molecule has 4 bridgehead atoms. The summed E-state index contributed by atoms with van der Waals surface area (Å²) in [5, 5.41) is 3.00. The molecule has 2 amide bonds. The van der Waals surface area contributed by atoms with Crippen molar-refractivity contribution in [1.82, 2.24) is 4.90 Å². The smallest absolute Gasteiger partial charge is 0.247 e. The van der Waals surface area contributed by atoms with Gasteiger partial charge in [-0.3, -0.25) is 9.59 Å². The Labute approximate surface area is 170 Å². The van der Waals surface area contributed by atoms with E-state index in [4.69, 9.17) is 9.47 Å². The number of hydrogen-bond donors (Lipinski definition) is 1. The first-order valence-electron chi connectivity index (χ1n) is 11.1. The SMILES string of the molecule is O=C(Nc1ccc2c(c1)OCO2)[C@@H]1CCCN1C(=O)C12CC3CC(CC(C3)C1)C2. The highest BCUT2D eigenvalue weighted by molar-refractivity contribution is 5.98. The van der Waals surface area contributed by atoms with Crippen molar-refractivity contribution in [3.05, 3.63) is 18.2 Å². The lowest BCUT2D eigenvalue weighted by molar-refractivity contribution is -0.160. The Morgan fingerprint density at radius 2 is 1.69 bits per heavy atom. The number of rotatable bonds is 3. The summed E-state index contributed by atoms with van der Waals surface area (Å²) in [4.78, 5) is 28.7. The summed E-state index contributed by atoms with van der Waals surface area (Å²) in [6, 6.07) is 5.07. The molecule has 1 aromatic rings. The monoisotopic (exact) mass is 396 g/mol. The molecule has 154 valence electrons. The van der Waals surface area contributed by atoms with Gasteiger partial charge in [-0.2, -0.15) is 0 Å². The van der Waals surface area contributed by atoms with Crippen molar-refractivity contribution in [3.8, 4) is 11.5 Å². The Kier molecular flexibility index (Phi) is 3.87. The van der Waals surface area contributed by atoms with Crippen LogP contribution in [-0.2, 0) is 9.59 Å². The van der Waals surface area contributed by atoms with E-state index in [0.717, 1.165) is 49.9 Å². The molecule has 7 rings (SSSR count). The molecule has 2 heterocycles. The van der Waals surface area contributed by atoms with E-state index in [1.54, 1.807) is 6.07 Å². The normalized spacial score (nSPS) is 36.5. The van der Waals surface area contributed by atoms with Crippen LogP contribution in [0.2, 0.25) is 0 Å². The van der Waals surface area contributed by atoms with Crippen LogP contribution in [-0.4, -0.2) is 36.1 Å². The van der Waals surface area contributed by atoms with Gasteiger partial charge in [0.25, 0.3) is 0 Å². The van der Waals surface area contributed by atoms with Crippen molar-refractivity contribution < 1.29 is 19.1 Å². The van der Waals surface area contributed by atoms with Crippen molar-refractivity contribution in [3.63, 3.8) is 0 Å².